The highest BCUT2D eigenvalue weighted by Crippen LogP contribution is 2.30. The number of fused-ring (bicyclic) bond motifs is 4. The van der Waals surface area contributed by atoms with Crippen molar-refractivity contribution in [2.45, 2.75) is 32.2 Å². The number of carbonyl (C=O) groups excluding carboxylic acids is 2. The molecule has 2 aromatic rings. The lowest BCUT2D eigenvalue weighted by Gasteiger charge is -2.35. The van der Waals surface area contributed by atoms with Gasteiger partial charge < -0.3 is 9.80 Å². The van der Waals surface area contributed by atoms with E-state index in [1.54, 1.807) is 17.2 Å². The van der Waals surface area contributed by atoms with Gasteiger partial charge in [-0.1, -0.05) is 13.0 Å². The van der Waals surface area contributed by atoms with Gasteiger partial charge in [0.15, 0.2) is 0 Å². The van der Waals surface area contributed by atoms with Crippen molar-refractivity contribution in [1.82, 2.24) is 24.6 Å². The lowest BCUT2D eigenvalue weighted by atomic mass is 9.94. The fourth-order valence-electron chi connectivity index (χ4n) is 4.06. The van der Waals surface area contributed by atoms with Crippen LogP contribution < -0.4 is 0 Å². The predicted octanol–water partition coefficient (Wildman–Crippen LogP) is 1.74. The molecule has 2 atom stereocenters. The molecule has 0 spiro atoms. The van der Waals surface area contributed by atoms with Gasteiger partial charge >= 0.3 is 0 Å². The van der Waals surface area contributed by atoms with E-state index in [1.807, 2.05) is 34.1 Å². The van der Waals surface area contributed by atoms with Crippen LogP contribution in [-0.2, 0) is 4.79 Å². The lowest BCUT2D eigenvalue weighted by molar-refractivity contribution is -0.139. The van der Waals surface area contributed by atoms with Crippen LogP contribution in [0.3, 0.4) is 0 Å². The third-order valence-electron chi connectivity index (χ3n) is 5.36. The number of amides is 2. The van der Waals surface area contributed by atoms with Crippen molar-refractivity contribution < 1.29 is 9.59 Å². The van der Waals surface area contributed by atoms with E-state index < -0.39 is 0 Å². The quantitative estimate of drug-likeness (QED) is 0.839. The maximum atomic E-state index is 13.1. The van der Waals surface area contributed by atoms with Crippen LogP contribution in [0.15, 0.2) is 36.9 Å². The maximum Gasteiger partial charge on any atom is 0.254 e. The summed E-state index contributed by atoms with van der Waals surface area (Å²) in [6.45, 7) is 4.01. The first-order valence-electron chi connectivity index (χ1n) is 9.22. The van der Waals surface area contributed by atoms with Crippen molar-refractivity contribution in [2.24, 2.45) is 5.92 Å². The Hall–Kier alpha value is -2.70. The summed E-state index contributed by atoms with van der Waals surface area (Å²) in [7, 11) is 0. The third-order valence-corrected chi connectivity index (χ3v) is 5.36. The number of benzene rings is 1. The summed E-state index contributed by atoms with van der Waals surface area (Å²) >= 11 is 0. The second-order valence-corrected chi connectivity index (χ2v) is 7.09. The predicted molar refractivity (Wildman–Crippen MR) is 95.8 cm³/mol. The van der Waals surface area contributed by atoms with E-state index in [9.17, 15) is 9.59 Å². The fourth-order valence-corrected chi connectivity index (χ4v) is 4.06. The van der Waals surface area contributed by atoms with Gasteiger partial charge in [-0.15, -0.1) is 10.2 Å². The number of carbonyl (C=O) groups is 2. The van der Waals surface area contributed by atoms with Crippen LogP contribution in [0.4, 0.5) is 0 Å². The fraction of sp³-hybridized carbons (Fsp3) is 0.474. The Labute approximate surface area is 152 Å². The molecular weight excluding hydrogens is 330 g/mol. The van der Waals surface area contributed by atoms with Gasteiger partial charge in [-0.3, -0.25) is 14.2 Å². The van der Waals surface area contributed by atoms with E-state index in [1.165, 1.54) is 0 Å². The molecule has 1 aromatic carbocycles. The van der Waals surface area contributed by atoms with Gasteiger partial charge in [0.1, 0.15) is 12.7 Å². The molecule has 1 aromatic heterocycles. The largest absolute Gasteiger partial charge is 0.338 e. The molecule has 3 fully saturated rings. The summed E-state index contributed by atoms with van der Waals surface area (Å²) in [5.74, 6) is 0.143. The Kier molecular flexibility index (Phi) is 4.44. The molecule has 7 heteroatoms. The molecule has 5 rings (SSSR count). The molecule has 0 radical (unpaired) electrons. The molecule has 3 saturated heterocycles. The molecule has 3 aliphatic heterocycles. The SMILES string of the molecule is CCCN1C(=O)[C@@H]2CC[C@H]1CN(C(=O)c1cccc(-n3cnnc3)c1)C2. The smallest absolute Gasteiger partial charge is 0.254 e. The molecule has 0 unspecified atom stereocenters. The van der Waals surface area contributed by atoms with E-state index in [0.717, 1.165) is 31.5 Å². The number of aromatic nitrogens is 3. The molecule has 26 heavy (non-hydrogen) atoms. The van der Waals surface area contributed by atoms with Crippen molar-refractivity contribution >= 4 is 11.8 Å². The summed E-state index contributed by atoms with van der Waals surface area (Å²) in [5, 5.41) is 7.62. The topological polar surface area (TPSA) is 71.3 Å². The van der Waals surface area contributed by atoms with Crippen LogP contribution in [0, 0.1) is 5.92 Å². The highest BCUT2D eigenvalue weighted by molar-refractivity contribution is 5.95. The molecule has 4 heterocycles. The Morgan fingerprint density at radius 1 is 1.19 bits per heavy atom. The molecule has 0 saturated carbocycles. The Bertz CT molecular complexity index is 804. The van der Waals surface area contributed by atoms with Crippen LogP contribution in [0.5, 0.6) is 0 Å². The van der Waals surface area contributed by atoms with E-state index in [0.29, 0.717) is 18.7 Å². The summed E-state index contributed by atoms with van der Waals surface area (Å²) in [4.78, 5) is 29.7. The van der Waals surface area contributed by atoms with Crippen LogP contribution in [0.25, 0.3) is 5.69 Å². The highest BCUT2D eigenvalue weighted by Gasteiger charge is 2.41. The highest BCUT2D eigenvalue weighted by atomic mass is 16.2. The molecule has 2 amide bonds. The van der Waals surface area contributed by atoms with Gasteiger partial charge in [0.05, 0.1) is 5.92 Å². The molecule has 0 N–H and O–H groups in total. The van der Waals surface area contributed by atoms with E-state index >= 15 is 0 Å². The monoisotopic (exact) mass is 353 g/mol. The number of hydrogen-bond acceptors (Lipinski definition) is 4. The van der Waals surface area contributed by atoms with Crippen LogP contribution in [0.2, 0.25) is 0 Å². The first-order chi connectivity index (χ1) is 12.7. The standard InChI is InChI=1S/C19H23N5O2/c1-2-8-24-17-7-6-15(19(24)26)10-22(11-17)18(25)14-4-3-5-16(9-14)23-12-20-21-13-23/h3-5,9,12-13,15,17H,2,6-8,10-11H2,1H3/t15-,17+/m1/s1. The van der Waals surface area contributed by atoms with Crippen LogP contribution in [0.1, 0.15) is 36.5 Å². The van der Waals surface area contributed by atoms with Crippen molar-refractivity contribution in [1.29, 1.82) is 0 Å². The average Bonchev–Trinajstić information content (AvgIpc) is 3.07. The van der Waals surface area contributed by atoms with E-state index in [4.69, 9.17) is 0 Å². The Morgan fingerprint density at radius 2 is 2.00 bits per heavy atom. The summed E-state index contributed by atoms with van der Waals surface area (Å²) in [6, 6.07) is 7.60. The van der Waals surface area contributed by atoms with Crippen molar-refractivity contribution in [3.63, 3.8) is 0 Å². The zero-order valence-corrected chi connectivity index (χ0v) is 14.9. The number of rotatable bonds is 4. The third kappa shape index (κ3) is 2.98. The lowest BCUT2D eigenvalue weighted by Crippen LogP contribution is -2.48. The zero-order valence-electron chi connectivity index (χ0n) is 14.9. The van der Waals surface area contributed by atoms with Crippen LogP contribution in [-0.4, -0.2) is 62.1 Å². The average molecular weight is 353 g/mol. The van der Waals surface area contributed by atoms with Gasteiger partial charge in [-0.25, -0.2) is 0 Å². The molecular formula is C19H23N5O2. The summed E-state index contributed by atoms with van der Waals surface area (Å²) in [6.07, 6.45) is 6.03. The molecule has 2 bridgehead atoms. The van der Waals surface area contributed by atoms with Crippen molar-refractivity contribution in [3.05, 3.63) is 42.5 Å². The Balaban J connectivity index is 1.57. The Morgan fingerprint density at radius 3 is 2.77 bits per heavy atom. The second kappa shape index (κ2) is 6.90. The first kappa shape index (κ1) is 16.8. The minimum absolute atomic E-state index is 0.0111. The summed E-state index contributed by atoms with van der Waals surface area (Å²) < 4.78 is 1.77. The van der Waals surface area contributed by atoms with Gasteiger partial charge in [0.25, 0.3) is 5.91 Å². The maximum absolute atomic E-state index is 13.1. The molecule has 7 nitrogen and oxygen atoms in total. The number of piperidine rings is 1. The van der Waals surface area contributed by atoms with Gasteiger partial charge in [-0.05, 0) is 37.5 Å². The van der Waals surface area contributed by atoms with E-state index in [2.05, 4.69) is 17.1 Å². The van der Waals surface area contributed by atoms with Gasteiger partial charge in [0.2, 0.25) is 5.91 Å². The van der Waals surface area contributed by atoms with Gasteiger partial charge in [0, 0.05) is 36.9 Å². The van der Waals surface area contributed by atoms with Crippen molar-refractivity contribution in [2.75, 3.05) is 19.6 Å². The zero-order chi connectivity index (χ0) is 18.1. The first-order valence-corrected chi connectivity index (χ1v) is 9.22. The number of hydrogen-bond donors (Lipinski definition) is 0. The molecule has 0 aliphatic carbocycles. The minimum Gasteiger partial charge on any atom is -0.338 e. The van der Waals surface area contributed by atoms with Crippen molar-refractivity contribution in [3.8, 4) is 5.69 Å². The molecule has 136 valence electrons. The minimum atomic E-state index is -0.0646. The van der Waals surface area contributed by atoms with Crippen LogP contribution >= 0.6 is 0 Å². The normalized spacial score (nSPS) is 22.6. The molecule has 3 aliphatic rings. The summed E-state index contributed by atoms with van der Waals surface area (Å²) in [5.41, 5.74) is 1.48. The second-order valence-electron chi connectivity index (χ2n) is 7.09. The van der Waals surface area contributed by atoms with Gasteiger partial charge in [-0.2, -0.15) is 0 Å². The number of nitrogens with zero attached hydrogens (tertiary/aromatic N) is 5. The van der Waals surface area contributed by atoms with E-state index in [-0.39, 0.29) is 23.8 Å².